The number of nitrogens with one attached hydrogen (secondary N) is 2. The van der Waals surface area contributed by atoms with E-state index in [0.29, 0.717) is 16.8 Å². The number of anilines is 1. The highest BCUT2D eigenvalue weighted by Crippen LogP contribution is 2.33. The van der Waals surface area contributed by atoms with Crippen molar-refractivity contribution in [3.05, 3.63) is 113 Å². The minimum atomic E-state index is -0.457. The minimum Gasteiger partial charge on any atom is -0.465 e. The minimum absolute atomic E-state index is 0.261. The van der Waals surface area contributed by atoms with E-state index in [9.17, 15) is 9.59 Å². The highest BCUT2D eigenvalue weighted by molar-refractivity contribution is 7.99. The van der Waals surface area contributed by atoms with E-state index in [1.54, 1.807) is 30.5 Å². The number of benzene rings is 3. The van der Waals surface area contributed by atoms with Gasteiger partial charge in [0, 0.05) is 27.1 Å². The number of amides is 1. The van der Waals surface area contributed by atoms with Crippen LogP contribution in [-0.4, -0.2) is 34.2 Å². The number of carbonyl (C=O) groups excluding carboxylic acids is 2. The van der Waals surface area contributed by atoms with Crippen molar-refractivity contribution in [1.82, 2.24) is 15.2 Å². The Labute approximate surface area is 224 Å². The first-order valence-electron chi connectivity index (χ1n) is 11.9. The van der Waals surface area contributed by atoms with Crippen molar-refractivity contribution in [3.63, 3.8) is 0 Å². The van der Waals surface area contributed by atoms with Gasteiger partial charge in [0.05, 0.1) is 35.1 Å². The highest BCUT2D eigenvalue weighted by Gasteiger charge is 2.16. The van der Waals surface area contributed by atoms with Gasteiger partial charge >= 0.3 is 5.97 Å². The van der Waals surface area contributed by atoms with E-state index in [4.69, 9.17) is 4.74 Å². The molecule has 0 fully saturated rings. The van der Waals surface area contributed by atoms with Crippen LogP contribution in [0.4, 0.5) is 5.69 Å². The SMILES string of the molecule is COC(=O)c1ccc(C)c(NC(=O)c2ccccc2Sc2ccc3c(/C=C/c4ccccn4)n[nH]c3c2)c1. The van der Waals surface area contributed by atoms with Gasteiger partial charge in [-0.05, 0) is 79.2 Å². The molecule has 5 rings (SSSR count). The fourth-order valence-corrected chi connectivity index (χ4v) is 4.89. The molecule has 0 radical (unpaired) electrons. The van der Waals surface area contributed by atoms with E-state index in [1.165, 1.54) is 18.9 Å². The van der Waals surface area contributed by atoms with E-state index in [-0.39, 0.29) is 5.91 Å². The van der Waals surface area contributed by atoms with Gasteiger partial charge in [-0.2, -0.15) is 5.10 Å². The Bertz CT molecular complexity index is 1660. The molecule has 0 aliphatic rings. The lowest BCUT2D eigenvalue weighted by atomic mass is 10.1. The third-order valence-electron chi connectivity index (χ3n) is 5.93. The van der Waals surface area contributed by atoms with Crippen LogP contribution < -0.4 is 5.32 Å². The number of fused-ring (bicyclic) bond motifs is 1. The Morgan fingerprint density at radius 2 is 1.82 bits per heavy atom. The normalized spacial score (nSPS) is 11.1. The number of pyridine rings is 1. The number of nitrogens with zero attached hydrogens (tertiary/aromatic N) is 2. The lowest BCUT2D eigenvalue weighted by molar-refractivity contribution is 0.0600. The molecule has 3 aromatic carbocycles. The fraction of sp³-hybridized carbons (Fsp3) is 0.0667. The smallest absolute Gasteiger partial charge is 0.337 e. The molecule has 1 amide bonds. The number of ether oxygens (including phenoxy) is 1. The monoisotopic (exact) mass is 520 g/mol. The lowest BCUT2D eigenvalue weighted by Gasteiger charge is -2.12. The molecule has 188 valence electrons. The first-order chi connectivity index (χ1) is 18.5. The molecule has 5 aromatic rings. The summed E-state index contributed by atoms with van der Waals surface area (Å²) in [6.07, 6.45) is 5.62. The summed E-state index contributed by atoms with van der Waals surface area (Å²) in [6.45, 7) is 1.87. The molecule has 2 N–H and O–H groups in total. The summed E-state index contributed by atoms with van der Waals surface area (Å²) in [7, 11) is 1.33. The summed E-state index contributed by atoms with van der Waals surface area (Å²) in [6, 6.07) is 24.3. The second-order valence-corrected chi connectivity index (χ2v) is 9.59. The van der Waals surface area contributed by atoms with Crippen LogP contribution in [-0.2, 0) is 4.74 Å². The van der Waals surface area contributed by atoms with Crippen LogP contribution in [0.3, 0.4) is 0 Å². The number of hydrogen-bond donors (Lipinski definition) is 2. The van der Waals surface area contributed by atoms with Gasteiger partial charge < -0.3 is 10.1 Å². The topological polar surface area (TPSA) is 97.0 Å². The Hall–Kier alpha value is -4.69. The Morgan fingerprint density at radius 1 is 0.974 bits per heavy atom. The number of H-pyrrole nitrogens is 1. The van der Waals surface area contributed by atoms with Crippen molar-refractivity contribution in [3.8, 4) is 0 Å². The molecule has 2 heterocycles. The molecule has 7 nitrogen and oxygen atoms in total. The number of methoxy groups -OCH3 is 1. The van der Waals surface area contributed by atoms with Gasteiger partial charge in [-0.25, -0.2) is 4.79 Å². The summed E-state index contributed by atoms with van der Waals surface area (Å²) in [4.78, 5) is 31.3. The predicted octanol–water partition coefficient (Wildman–Crippen LogP) is 6.63. The molecule has 0 unspecified atom stereocenters. The van der Waals surface area contributed by atoms with E-state index in [2.05, 4.69) is 20.5 Å². The van der Waals surface area contributed by atoms with Crippen molar-refractivity contribution in [2.75, 3.05) is 12.4 Å². The van der Waals surface area contributed by atoms with Crippen molar-refractivity contribution in [2.45, 2.75) is 16.7 Å². The summed E-state index contributed by atoms with van der Waals surface area (Å²) >= 11 is 1.49. The second-order valence-electron chi connectivity index (χ2n) is 8.48. The molecule has 0 bridgehead atoms. The van der Waals surface area contributed by atoms with E-state index in [0.717, 1.165) is 37.6 Å². The van der Waals surface area contributed by atoms with Crippen LogP contribution in [0.5, 0.6) is 0 Å². The zero-order valence-electron chi connectivity index (χ0n) is 20.8. The van der Waals surface area contributed by atoms with Crippen LogP contribution in [0.2, 0.25) is 0 Å². The standard InChI is InChI=1S/C30H24N4O3S/c1-19-10-11-20(30(36)37-2)17-26(19)32-29(35)24-8-3-4-9-28(24)38-22-13-14-23-25(33-34-27(23)18-22)15-12-21-7-5-6-16-31-21/h3-18H,1-2H3,(H,32,35)(H,33,34)/b15-12+. The average molecular weight is 521 g/mol. The third kappa shape index (κ3) is 5.50. The Balaban J connectivity index is 1.36. The molecule has 0 aliphatic carbocycles. The summed E-state index contributed by atoms with van der Waals surface area (Å²) in [5.74, 6) is -0.719. The Morgan fingerprint density at radius 3 is 2.63 bits per heavy atom. The van der Waals surface area contributed by atoms with Crippen LogP contribution in [0.25, 0.3) is 23.1 Å². The predicted molar refractivity (Wildman–Crippen MR) is 150 cm³/mol. The molecule has 0 aliphatic heterocycles. The maximum atomic E-state index is 13.3. The van der Waals surface area contributed by atoms with Crippen LogP contribution >= 0.6 is 11.8 Å². The summed E-state index contributed by atoms with van der Waals surface area (Å²) in [5.41, 5.74) is 4.89. The third-order valence-corrected chi connectivity index (χ3v) is 7.00. The number of aryl methyl sites for hydroxylation is 1. The number of esters is 1. The van der Waals surface area contributed by atoms with E-state index < -0.39 is 5.97 Å². The molecule has 38 heavy (non-hydrogen) atoms. The van der Waals surface area contributed by atoms with Gasteiger partial charge in [0.1, 0.15) is 0 Å². The zero-order chi connectivity index (χ0) is 26.5. The maximum absolute atomic E-state index is 13.3. The lowest BCUT2D eigenvalue weighted by Crippen LogP contribution is -2.14. The maximum Gasteiger partial charge on any atom is 0.337 e. The molecule has 8 heteroatoms. The van der Waals surface area contributed by atoms with Crippen molar-refractivity contribution in [1.29, 1.82) is 0 Å². The first-order valence-corrected chi connectivity index (χ1v) is 12.7. The zero-order valence-corrected chi connectivity index (χ0v) is 21.6. The van der Waals surface area contributed by atoms with Gasteiger partial charge in [-0.1, -0.05) is 36.0 Å². The quantitative estimate of drug-likeness (QED) is 0.234. The van der Waals surface area contributed by atoms with E-state index in [1.807, 2.05) is 73.7 Å². The molecule has 0 atom stereocenters. The first kappa shape index (κ1) is 25.0. The molecular formula is C30H24N4O3S. The largest absolute Gasteiger partial charge is 0.465 e. The molecule has 2 aromatic heterocycles. The van der Waals surface area contributed by atoms with Gasteiger partial charge in [0.2, 0.25) is 0 Å². The van der Waals surface area contributed by atoms with Crippen LogP contribution in [0.1, 0.15) is 37.7 Å². The van der Waals surface area contributed by atoms with Crippen molar-refractivity contribution >= 4 is 52.4 Å². The number of rotatable bonds is 7. The van der Waals surface area contributed by atoms with Gasteiger partial charge in [0.25, 0.3) is 5.91 Å². The van der Waals surface area contributed by atoms with Crippen LogP contribution in [0, 0.1) is 6.92 Å². The van der Waals surface area contributed by atoms with Crippen LogP contribution in [0.15, 0.2) is 94.9 Å². The van der Waals surface area contributed by atoms with Gasteiger partial charge in [-0.15, -0.1) is 0 Å². The van der Waals surface area contributed by atoms with E-state index >= 15 is 0 Å². The molecule has 0 spiro atoms. The van der Waals surface area contributed by atoms with Gasteiger partial charge in [-0.3, -0.25) is 14.9 Å². The number of aromatic amines is 1. The second kappa shape index (κ2) is 11.1. The summed E-state index contributed by atoms with van der Waals surface area (Å²) < 4.78 is 4.80. The number of carbonyl (C=O) groups is 2. The fourth-order valence-electron chi connectivity index (χ4n) is 3.91. The Kier molecular flexibility index (Phi) is 7.33. The molecule has 0 saturated carbocycles. The molecular weight excluding hydrogens is 496 g/mol. The molecule has 0 saturated heterocycles. The number of hydrogen-bond acceptors (Lipinski definition) is 6. The van der Waals surface area contributed by atoms with Gasteiger partial charge in [0.15, 0.2) is 0 Å². The highest BCUT2D eigenvalue weighted by atomic mass is 32.2. The van der Waals surface area contributed by atoms with Crippen molar-refractivity contribution < 1.29 is 14.3 Å². The summed E-state index contributed by atoms with van der Waals surface area (Å²) in [5, 5.41) is 11.5. The number of aromatic nitrogens is 3. The average Bonchev–Trinajstić information content (AvgIpc) is 3.35. The van der Waals surface area contributed by atoms with Crippen molar-refractivity contribution in [2.24, 2.45) is 0 Å².